The molecule has 184 valence electrons. The highest BCUT2D eigenvalue weighted by atomic mass is 16.5. The number of imide groups is 2. The molecule has 0 bridgehead atoms. The van der Waals surface area contributed by atoms with Gasteiger partial charge in [-0.25, -0.2) is 9.78 Å². The van der Waals surface area contributed by atoms with Crippen LogP contribution in [0.2, 0.25) is 0 Å². The second kappa shape index (κ2) is 8.86. The minimum Gasteiger partial charge on any atom is -0.439 e. The van der Waals surface area contributed by atoms with E-state index in [0.717, 1.165) is 5.56 Å². The number of aromatic nitrogens is 3. The van der Waals surface area contributed by atoms with Crippen molar-refractivity contribution in [1.29, 1.82) is 0 Å². The van der Waals surface area contributed by atoms with E-state index in [-0.39, 0.29) is 0 Å². The van der Waals surface area contributed by atoms with Gasteiger partial charge in [-0.05, 0) is 55.3 Å². The van der Waals surface area contributed by atoms with Crippen LogP contribution in [-0.4, -0.2) is 45.1 Å². The molecule has 0 saturated carbocycles. The minimum absolute atomic E-state index is 0.303. The lowest BCUT2D eigenvalue weighted by Crippen LogP contribution is -2.71. The molecule has 2 fully saturated rings. The predicted molar refractivity (Wildman–Crippen MR) is 130 cm³/mol. The topological polar surface area (TPSA) is 140 Å². The van der Waals surface area contributed by atoms with Crippen LogP contribution < -0.4 is 20.3 Å². The number of carbonyl (C=O) groups excluding carboxylic acids is 3. The number of hydrogen-bond donors (Lipinski definition) is 2. The number of barbiturate groups is 1. The molecule has 4 amide bonds. The van der Waals surface area contributed by atoms with Gasteiger partial charge in [-0.2, -0.15) is 0 Å². The number of ether oxygens (including phenoxy) is 1. The number of urea groups is 1. The van der Waals surface area contributed by atoms with E-state index in [0.29, 0.717) is 53.9 Å². The largest absolute Gasteiger partial charge is 0.439 e. The number of rotatable bonds is 5. The third-order valence-electron chi connectivity index (χ3n) is 6.42. The van der Waals surface area contributed by atoms with E-state index in [2.05, 4.69) is 25.8 Å². The van der Waals surface area contributed by atoms with Crippen molar-refractivity contribution >= 4 is 23.5 Å². The van der Waals surface area contributed by atoms with Crippen molar-refractivity contribution < 1.29 is 23.6 Å². The van der Waals surface area contributed by atoms with Crippen LogP contribution in [0.3, 0.4) is 0 Å². The van der Waals surface area contributed by atoms with Gasteiger partial charge < -0.3 is 14.2 Å². The monoisotopic (exact) mass is 496 g/mol. The van der Waals surface area contributed by atoms with Crippen LogP contribution in [0.4, 0.5) is 10.5 Å². The summed E-state index contributed by atoms with van der Waals surface area (Å²) < 4.78 is 11.3. The zero-order valence-electron chi connectivity index (χ0n) is 19.4. The third kappa shape index (κ3) is 3.96. The first-order chi connectivity index (χ1) is 18.0. The summed E-state index contributed by atoms with van der Waals surface area (Å²) in [5.74, 6) is 0.239. The molecule has 0 radical (unpaired) electrons. The Hall–Kier alpha value is -5.06. The lowest BCUT2D eigenvalue weighted by atomic mass is 9.92. The second-order valence-corrected chi connectivity index (χ2v) is 8.63. The van der Waals surface area contributed by atoms with Crippen LogP contribution in [0.15, 0.2) is 77.6 Å². The Kier molecular flexibility index (Phi) is 5.37. The summed E-state index contributed by atoms with van der Waals surface area (Å²) in [5.41, 5.74) is 1.34. The molecule has 1 aromatic carbocycles. The number of amides is 4. The summed E-state index contributed by atoms with van der Waals surface area (Å²) in [6, 6.07) is 17.3. The normalized spacial score (nSPS) is 16.5. The SMILES string of the molecule is O=C1NC(=O)C2(CCCN2c2ccc(Oc3ccc(-c4cc(-c5ccccn5)on4)cc3)nc2)C(=O)N1. The number of pyridine rings is 2. The predicted octanol–water partition coefficient (Wildman–Crippen LogP) is 3.30. The van der Waals surface area contributed by atoms with Gasteiger partial charge in [-0.15, -0.1) is 0 Å². The summed E-state index contributed by atoms with van der Waals surface area (Å²) >= 11 is 0. The van der Waals surface area contributed by atoms with Crippen LogP contribution in [-0.2, 0) is 9.59 Å². The van der Waals surface area contributed by atoms with E-state index in [9.17, 15) is 14.4 Å². The summed E-state index contributed by atoms with van der Waals surface area (Å²) in [5, 5.41) is 8.53. The smallest absolute Gasteiger partial charge is 0.328 e. The molecule has 2 N–H and O–H groups in total. The molecular formula is C26H20N6O5. The van der Waals surface area contributed by atoms with Crippen LogP contribution in [0.5, 0.6) is 11.6 Å². The molecule has 37 heavy (non-hydrogen) atoms. The zero-order valence-corrected chi connectivity index (χ0v) is 19.4. The fourth-order valence-electron chi connectivity index (χ4n) is 4.64. The Morgan fingerprint density at radius 2 is 1.73 bits per heavy atom. The van der Waals surface area contributed by atoms with E-state index >= 15 is 0 Å². The van der Waals surface area contributed by atoms with E-state index in [1.807, 2.05) is 36.4 Å². The number of carbonyl (C=O) groups is 3. The van der Waals surface area contributed by atoms with Crippen molar-refractivity contribution in [3.05, 3.63) is 73.1 Å². The Labute approximate surface area is 210 Å². The minimum atomic E-state index is -1.47. The average molecular weight is 496 g/mol. The Bertz CT molecular complexity index is 1460. The lowest BCUT2D eigenvalue weighted by Gasteiger charge is -2.38. The maximum Gasteiger partial charge on any atom is 0.328 e. The molecule has 5 heterocycles. The molecule has 1 spiro atoms. The summed E-state index contributed by atoms with van der Waals surface area (Å²) in [6.07, 6.45) is 4.16. The molecule has 0 unspecified atom stereocenters. The van der Waals surface area contributed by atoms with E-state index in [1.165, 1.54) is 0 Å². The fraction of sp³-hybridized carbons (Fsp3) is 0.154. The molecule has 2 aliphatic heterocycles. The van der Waals surface area contributed by atoms with E-state index < -0.39 is 23.4 Å². The van der Waals surface area contributed by atoms with Gasteiger partial charge in [-0.1, -0.05) is 11.2 Å². The lowest BCUT2D eigenvalue weighted by molar-refractivity contribution is -0.137. The van der Waals surface area contributed by atoms with Crippen LogP contribution >= 0.6 is 0 Å². The van der Waals surface area contributed by atoms with Crippen molar-refractivity contribution in [3.8, 4) is 34.3 Å². The molecule has 4 aromatic rings. The molecule has 11 nitrogen and oxygen atoms in total. The highest BCUT2D eigenvalue weighted by Gasteiger charge is 2.57. The van der Waals surface area contributed by atoms with E-state index in [4.69, 9.17) is 9.26 Å². The first-order valence-corrected chi connectivity index (χ1v) is 11.6. The average Bonchev–Trinajstić information content (AvgIpc) is 3.58. The van der Waals surface area contributed by atoms with Crippen molar-refractivity contribution in [1.82, 2.24) is 25.8 Å². The molecule has 2 saturated heterocycles. The van der Waals surface area contributed by atoms with Crippen LogP contribution in [0.25, 0.3) is 22.7 Å². The van der Waals surface area contributed by atoms with Crippen LogP contribution in [0, 0.1) is 0 Å². The summed E-state index contributed by atoms with van der Waals surface area (Å²) in [7, 11) is 0. The fourth-order valence-corrected chi connectivity index (χ4v) is 4.64. The number of nitrogens with one attached hydrogen (secondary N) is 2. The van der Waals surface area contributed by atoms with Crippen molar-refractivity contribution in [2.75, 3.05) is 11.4 Å². The standard InChI is InChI=1S/C26H20N6O5/c33-23-26(24(34)30-25(35)29-23)11-3-13-32(26)17-7-10-22(28-15-17)36-18-8-5-16(6-9-18)20-14-21(37-31-20)19-4-1-2-12-27-19/h1-2,4-10,12,14-15H,3,11,13H2,(H2,29,30,33,34,35). The molecule has 0 aliphatic carbocycles. The number of hydrogen-bond acceptors (Lipinski definition) is 9. The summed E-state index contributed by atoms with van der Waals surface area (Å²) in [4.78, 5) is 47.1. The molecule has 2 aliphatic rings. The van der Waals surface area contributed by atoms with Gasteiger partial charge in [0.1, 0.15) is 17.1 Å². The van der Waals surface area contributed by atoms with Gasteiger partial charge in [-0.3, -0.25) is 25.2 Å². The number of nitrogens with zero attached hydrogens (tertiary/aromatic N) is 4. The van der Waals surface area contributed by atoms with Gasteiger partial charge in [0.05, 0.1) is 11.9 Å². The molecule has 3 aromatic heterocycles. The van der Waals surface area contributed by atoms with Gasteiger partial charge in [0.25, 0.3) is 11.8 Å². The van der Waals surface area contributed by atoms with Gasteiger partial charge in [0.2, 0.25) is 5.88 Å². The highest BCUT2D eigenvalue weighted by molar-refractivity contribution is 6.24. The maximum absolute atomic E-state index is 12.6. The quantitative estimate of drug-likeness (QED) is 0.398. The van der Waals surface area contributed by atoms with E-state index in [1.54, 1.807) is 41.6 Å². The van der Waals surface area contributed by atoms with Gasteiger partial charge >= 0.3 is 6.03 Å². The Morgan fingerprint density at radius 1 is 0.919 bits per heavy atom. The van der Waals surface area contributed by atoms with Crippen molar-refractivity contribution in [2.24, 2.45) is 0 Å². The maximum atomic E-state index is 12.6. The molecular weight excluding hydrogens is 476 g/mol. The molecule has 6 rings (SSSR count). The first-order valence-electron chi connectivity index (χ1n) is 11.6. The Balaban J connectivity index is 1.16. The molecule has 0 atom stereocenters. The second-order valence-electron chi connectivity index (χ2n) is 8.63. The Morgan fingerprint density at radius 3 is 2.43 bits per heavy atom. The van der Waals surface area contributed by atoms with Crippen molar-refractivity contribution in [3.63, 3.8) is 0 Å². The van der Waals surface area contributed by atoms with Gasteiger partial charge in [0.15, 0.2) is 11.3 Å². The number of benzene rings is 1. The number of anilines is 1. The van der Waals surface area contributed by atoms with Crippen molar-refractivity contribution in [2.45, 2.75) is 18.4 Å². The highest BCUT2D eigenvalue weighted by Crippen LogP contribution is 2.36. The summed E-state index contributed by atoms with van der Waals surface area (Å²) in [6.45, 7) is 0.475. The zero-order chi connectivity index (χ0) is 25.4. The first kappa shape index (κ1) is 22.4. The molecule has 11 heteroatoms. The third-order valence-corrected chi connectivity index (χ3v) is 6.42. The van der Waals surface area contributed by atoms with Gasteiger partial charge in [0, 0.05) is 30.4 Å². The van der Waals surface area contributed by atoms with Crippen LogP contribution in [0.1, 0.15) is 12.8 Å².